The van der Waals surface area contributed by atoms with Crippen molar-refractivity contribution in [3.8, 4) is 11.5 Å². The van der Waals surface area contributed by atoms with E-state index in [1.807, 2.05) is 0 Å². The minimum absolute atomic E-state index is 0.0956. The Kier molecular flexibility index (Phi) is 8.24. The van der Waals surface area contributed by atoms with E-state index in [1.54, 1.807) is 0 Å². The quantitative estimate of drug-likeness (QED) is 0.169. The molecular weight excluding hydrogens is 475 g/mol. The molecule has 0 spiro atoms. The summed E-state index contributed by atoms with van der Waals surface area (Å²) in [5, 5.41) is 10.9. The van der Waals surface area contributed by atoms with Crippen molar-refractivity contribution in [2.24, 2.45) is 0 Å². The summed E-state index contributed by atoms with van der Waals surface area (Å²) in [6.07, 6.45) is -3.70. The predicted octanol–water partition coefficient (Wildman–Crippen LogP) is 4.92. The molecule has 176 valence electrons. The first-order chi connectivity index (χ1) is 15.5. The van der Waals surface area contributed by atoms with Crippen LogP contribution < -0.4 is 4.74 Å². The number of esters is 2. The van der Waals surface area contributed by atoms with Crippen molar-refractivity contribution in [1.29, 1.82) is 0 Å². The molecule has 0 aliphatic carbocycles. The normalized spacial score (nSPS) is 11.5. The number of rotatable bonds is 8. The highest BCUT2D eigenvalue weighted by molar-refractivity contribution is 6.32. The van der Waals surface area contributed by atoms with Crippen molar-refractivity contribution in [2.45, 2.75) is 6.18 Å². The van der Waals surface area contributed by atoms with E-state index in [9.17, 15) is 32.9 Å². The molecule has 0 saturated heterocycles. The van der Waals surface area contributed by atoms with E-state index in [-0.39, 0.29) is 22.3 Å². The summed E-state index contributed by atoms with van der Waals surface area (Å²) in [4.78, 5) is 34.2. The molecule has 2 aromatic carbocycles. The number of methoxy groups -OCH3 is 2. The highest BCUT2D eigenvalue weighted by Crippen LogP contribution is 2.37. The molecule has 0 bridgehead atoms. The third kappa shape index (κ3) is 6.84. The van der Waals surface area contributed by atoms with Gasteiger partial charge in [0.05, 0.1) is 35.8 Å². The molecule has 0 atom stereocenters. The summed E-state index contributed by atoms with van der Waals surface area (Å²) < 4.78 is 58.0. The van der Waals surface area contributed by atoms with Crippen LogP contribution in [0.5, 0.6) is 11.5 Å². The van der Waals surface area contributed by atoms with Crippen LogP contribution in [-0.4, -0.2) is 37.7 Å². The third-order valence-corrected chi connectivity index (χ3v) is 4.25. The van der Waals surface area contributed by atoms with Gasteiger partial charge in [-0.15, -0.1) is 0 Å². The highest BCUT2D eigenvalue weighted by Gasteiger charge is 2.31. The van der Waals surface area contributed by atoms with E-state index in [0.29, 0.717) is 6.07 Å². The average Bonchev–Trinajstić information content (AvgIpc) is 2.76. The second-order valence-electron chi connectivity index (χ2n) is 6.10. The SMILES string of the molecule is COC(=O)/C=C(\COC(=O)c1cc(Oc2ccc(C(F)(F)F)cc2Cl)ccc1[N+](=O)[O-])OC. The van der Waals surface area contributed by atoms with Crippen LogP contribution in [0, 0.1) is 10.1 Å². The number of carbonyl (C=O) groups is 2. The molecule has 2 aromatic rings. The molecule has 0 aliphatic heterocycles. The fourth-order valence-electron chi connectivity index (χ4n) is 2.35. The van der Waals surface area contributed by atoms with Gasteiger partial charge in [0.25, 0.3) is 5.69 Å². The van der Waals surface area contributed by atoms with Crippen molar-refractivity contribution < 1.29 is 46.6 Å². The molecule has 0 aromatic heterocycles. The number of nitrogens with zero attached hydrogens (tertiary/aromatic N) is 1. The second kappa shape index (κ2) is 10.7. The van der Waals surface area contributed by atoms with Gasteiger partial charge >= 0.3 is 18.1 Å². The summed E-state index contributed by atoms with van der Waals surface area (Å²) >= 11 is 5.84. The average molecular weight is 490 g/mol. The second-order valence-corrected chi connectivity index (χ2v) is 6.50. The minimum Gasteiger partial charge on any atom is -0.497 e. The van der Waals surface area contributed by atoms with Gasteiger partial charge in [-0.2, -0.15) is 13.2 Å². The van der Waals surface area contributed by atoms with Crippen LogP contribution in [0.1, 0.15) is 15.9 Å². The van der Waals surface area contributed by atoms with E-state index in [4.69, 9.17) is 25.8 Å². The number of ether oxygens (including phenoxy) is 4. The summed E-state index contributed by atoms with van der Waals surface area (Å²) in [6, 6.07) is 5.39. The van der Waals surface area contributed by atoms with Gasteiger partial charge in [-0.1, -0.05) is 11.6 Å². The van der Waals surface area contributed by atoms with E-state index in [2.05, 4.69) is 4.74 Å². The van der Waals surface area contributed by atoms with E-state index in [0.717, 1.165) is 43.5 Å². The Morgan fingerprint density at radius 1 is 1.12 bits per heavy atom. The molecule has 0 amide bonds. The number of benzene rings is 2. The number of hydrogen-bond donors (Lipinski definition) is 0. The predicted molar refractivity (Wildman–Crippen MR) is 107 cm³/mol. The highest BCUT2D eigenvalue weighted by atomic mass is 35.5. The maximum Gasteiger partial charge on any atom is 0.416 e. The lowest BCUT2D eigenvalue weighted by molar-refractivity contribution is -0.385. The molecule has 0 fully saturated rings. The topological polar surface area (TPSA) is 114 Å². The fourth-order valence-corrected chi connectivity index (χ4v) is 2.57. The van der Waals surface area contributed by atoms with Crippen molar-refractivity contribution in [2.75, 3.05) is 20.8 Å². The number of hydrogen-bond acceptors (Lipinski definition) is 8. The number of halogens is 4. The maximum absolute atomic E-state index is 12.8. The first-order valence-electron chi connectivity index (χ1n) is 8.79. The Labute approximate surface area is 189 Å². The van der Waals surface area contributed by atoms with Gasteiger partial charge in [0, 0.05) is 12.1 Å². The van der Waals surface area contributed by atoms with Crippen molar-refractivity contribution in [3.63, 3.8) is 0 Å². The third-order valence-electron chi connectivity index (χ3n) is 3.96. The Morgan fingerprint density at radius 3 is 2.36 bits per heavy atom. The molecule has 0 saturated carbocycles. The zero-order valence-electron chi connectivity index (χ0n) is 17.0. The van der Waals surface area contributed by atoms with Crippen molar-refractivity contribution in [1.82, 2.24) is 0 Å². The first-order valence-corrected chi connectivity index (χ1v) is 9.16. The summed E-state index contributed by atoms with van der Waals surface area (Å²) in [5.41, 5.74) is -2.14. The summed E-state index contributed by atoms with van der Waals surface area (Å²) in [6.45, 7) is -0.544. The van der Waals surface area contributed by atoms with Gasteiger partial charge in [0.15, 0.2) is 0 Å². The van der Waals surface area contributed by atoms with Crippen molar-refractivity contribution in [3.05, 3.63) is 74.5 Å². The Balaban J connectivity index is 2.29. The monoisotopic (exact) mass is 489 g/mol. The first kappa shape index (κ1) is 25.5. The lowest BCUT2D eigenvalue weighted by atomic mass is 10.1. The molecule has 13 heteroatoms. The number of alkyl halides is 3. The Hall–Kier alpha value is -3.80. The smallest absolute Gasteiger partial charge is 0.416 e. The van der Waals surface area contributed by atoms with Gasteiger partial charge in [0.1, 0.15) is 29.4 Å². The van der Waals surface area contributed by atoms with Gasteiger partial charge in [-0.05, 0) is 24.3 Å². The molecule has 0 aliphatic rings. The van der Waals surface area contributed by atoms with Crippen LogP contribution >= 0.6 is 11.6 Å². The largest absolute Gasteiger partial charge is 0.497 e. The van der Waals surface area contributed by atoms with E-state index >= 15 is 0 Å². The molecule has 0 unspecified atom stereocenters. The van der Waals surface area contributed by atoms with Crippen molar-refractivity contribution >= 4 is 29.2 Å². The molecule has 0 heterocycles. The number of carbonyl (C=O) groups excluding carboxylic acids is 2. The molecule has 9 nitrogen and oxygen atoms in total. The summed E-state index contributed by atoms with van der Waals surface area (Å²) in [7, 11) is 2.32. The minimum atomic E-state index is -4.62. The van der Waals surface area contributed by atoms with Gasteiger partial charge in [0.2, 0.25) is 0 Å². The van der Waals surface area contributed by atoms with Crippen LogP contribution in [0.15, 0.2) is 48.2 Å². The zero-order chi connectivity index (χ0) is 24.8. The van der Waals surface area contributed by atoms with E-state index in [1.165, 1.54) is 7.11 Å². The van der Waals surface area contributed by atoms with Crippen LogP contribution in [0.3, 0.4) is 0 Å². The van der Waals surface area contributed by atoms with Crippen LogP contribution in [0.4, 0.5) is 18.9 Å². The van der Waals surface area contributed by atoms with Gasteiger partial charge in [-0.3, -0.25) is 10.1 Å². The van der Waals surface area contributed by atoms with Gasteiger partial charge in [-0.25, -0.2) is 9.59 Å². The summed E-state index contributed by atoms with van der Waals surface area (Å²) in [5.74, 6) is -2.34. The zero-order valence-corrected chi connectivity index (χ0v) is 17.7. The molecule has 2 rings (SSSR count). The number of nitro benzene ring substituents is 1. The van der Waals surface area contributed by atoms with Crippen LogP contribution in [0.25, 0.3) is 0 Å². The molecular formula is C20H15ClF3NO8. The van der Waals surface area contributed by atoms with E-state index < -0.39 is 46.5 Å². The molecule has 33 heavy (non-hydrogen) atoms. The maximum atomic E-state index is 12.8. The molecule has 0 N–H and O–H groups in total. The van der Waals surface area contributed by atoms with Crippen LogP contribution in [0.2, 0.25) is 5.02 Å². The lowest BCUT2D eigenvalue weighted by Crippen LogP contribution is -2.12. The molecule has 0 radical (unpaired) electrons. The Bertz CT molecular complexity index is 1100. The number of nitro groups is 1. The Morgan fingerprint density at radius 2 is 1.82 bits per heavy atom. The lowest BCUT2D eigenvalue weighted by Gasteiger charge is -2.12. The standard InChI is InChI=1S/C20H15ClF3NO8/c1-30-13(9-18(26)31-2)10-32-19(27)14-8-12(4-5-16(14)25(28)29)33-17-6-3-11(7-15(17)21)20(22,23)24/h3-9H,10H2,1-2H3/b13-9+. The van der Waals surface area contributed by atoms with Gasteiger partial charge < -0.3 is 18.9 Å². The fraction of sp³-hybridized carbons (Fsp3) is 0.200. The van der Waals surface area contributed by atoms with Crippen LogP contribution in [-0.2, 0) is 25.2 Å².